The van der Waals surface area contributed by atoms with E-state index in [4.69, 9.17) is 18.9 Å². The number of thiol groups is 1. The topological polar surface area (TPSA) is 71.1 Å². The molecule has 0 saturated heterocycles. The fourth-order valence-corrected chi connectivity index (χ4v) is 11.9. The molecule has 0 amide bonds. The first kappa shape index (κ1) is 40.7. The van der Waals surface area contributed by atoms with Crippen LogP contribution in [0.2, 0.25) is 0 Å². The van der Waals surface area contributed by atoms with Crippen molar-refractivity contribution in [1.29, 1.82) is 0 Å². The van der Waals surface area contributed by atoms with Crippen molar-refractivity contribution in [2.45, 2.75) is 164 Å². The van der Waals surface area contributed by atoms with Crippen molar-refractivity contribution < 1.29 is 28.5 Å². The molecule has 282 valence electrons. The highest BCUT2D eigenvalue weighted by atomic mass is 32.1. The van der Waals surface area contributed by atoms with Crippen LogP contribution in [0, 0.1) is 50.7 Å². The molecule has 0 aromatic heterocycles. The lowest BCUT2D eigenvalue weighted by Gasteiger charge is -2.66. The zero-order valence-corrected chi connectivity index (χ0v) is 34.1. The molecule has 0 heterocycles. The lowest BCUT2D eigenvalue weighted by Crippen LogP contribution is -2.58. The molecule has 4 rings (SSSR count). The van der Waals surface area contributed by atoms with E-state index in [2.05, 4.69) is 67.2 Å². The molecule has 0 radical (unpaired) electrons. The van der Waals surface area contributed by atoms with Gasteiger partial charge in [-0.15, -0.1) is 0 Å². The van der Waals surface area contributed by atoms with Gasteiger partial charge >= 0.3 is 11.9 Å². The number of methoxy groups -OCH3 is 1. The molecule has 10 atom stereocenters. The number of hydrogen-bond acceptors (Lipinski definition) is 7. The summed E-state index contributed by atoms with van der Waals surface area (Å²) in [6.45, 7) is 23.7. The van der Waals surface area contributed by atoms with Crippen LogP contribution in [0.4, 0.5) is 0 Å². The summed E-state index contributed by atoms with van der Waals surface area (Å²) in [6.07, 6.45) is 17.1. The van der Waals surface area contributed by atoms with Crippen molar-refractivity contribution in [1.82, 2.24) is 0 Å². The van der Waals surface area contributed by atoms with Crippen molar-refractivity contribution >= 4 is 24.6 Å². The maximum absolute atomic E-state index is 13.3. The van der Waals surface area contributed by atoms with E-state index in [0.717, 1.165) is 42.9 Å². The van der Waals surface area contributed by atoms with Gasteiger partial charge in [-0.1, -0.05) is 86.3 Å². The normalized spacial score (nSPS) is 37.2. The number of rotatable bonds is 16. The summed E-state index contributed by atoms with van der Waals surface area (Å²) in [4.78, 5) is 26.0. The Morgan fingerprint density at radius 1 is 0.939 bits per heavy atom. The molecule has 3 fully saturated rings. The second-order valence-electron chi connectivity index (χ2n) is 18.7. The van der Waals surface area contributed by atoms with Crippen molar-refractivity contribution in [2.24, 2.45) is 50.7 Å². The van der Waals surface area contributed by atoms with Gasteiger partial charge in [0.05, 0.1) is 18.1 Å². The minimum Gasteiger partial charge on any atom is -0.462 e. The molecular weight excluding hydrogens is 633 g/mol. The Balaban J connectivity index is 1.36. The molecule has 0 aliphatic heterocycles. The van der Waals surface area contributed by atoms with Crippen LogP contribution in [0.1, 0.15) is 153 Å². The molecule has 0 bridgehead atoms. The van der Waals surface area contributed by atoms with Gasteiger partial charge in [0.15, 0.2) is 6.79 Å². The Bertz CT molecular complexity index is 1200. The van der Waals surface area contributed by atoms with Gasteiger partial charge in [0.25, 0.3) is 0 Å². The Morgan fingerprint density at radius 2 is 1.65 bits per heavy atom. The van der Waals surface area contributed by atoms with Gasteiger partial charge in [-0.25, -0.2) is 0 Å². The van der Waals surface area contributed by atoms with E-state index in [1.807, 2.05) is 13.8 Å². The van der Waals surface area contributed by atoms with Gasteiger partial charge in [-0.05, 0) is 123 Å². The highest BCUT2D eigenvalue weighted by Crippen LogP contribution is 2.75. The van der Waals surface area contributed by atoms with Crippen LogP contribution in [0.15, 0.2) is 11.6 Å². The summed E-state index contributed by atoms with van der Waals surface area (Å²) in [5.74, 6) is 2.29. The Hall–Kier alpha value is -1.05. The van der Waals surface area contributed by atoms with E-state index in [1.54, 1.807) is 19.6 Å². The van der Waals surface area contributed by atoms with Gasteiger partial charge in [0, 0.05) is 7.11 Å². The van der Waals surface area contributed by atoms with Gasteiger partial charge in [0.1, 0.15) is 11.4 Å². The molecule has 7 heteroatoms. The molecule has 0 spiro atoms. The maximum Gasteiger partial charge on any atom is 0.321 e. The van der Waals surface area contributed by atoms with Crippen LogP contribution in [0.25, 0.3) is 0 Å². The van der Waals surface area contributed by atoms with E-state index in [0.29, 0.717) is 29.3 Å². The third-order valence-corrected chi connectivity index (χ3v) is 15.6. The summed E-state index contributed by atoms with van der Waals surface area (Å²) in [5, 5.41) is 0. The fraction of sp³-hybridized carbons (Fsp3) is 0.905. The second kappa shape index (κ2) is 15.5. The SMILES string of the molecule is CCC(C)(CC(C)(S)C(=O)OCCOC)C(=O)OCOC1CC[C@@]2(C)C(=CC[C@H]3[C@]4(C)CC[C@](C)([C@H](C)CCCC(C)C)[C@H]4CC[C@@]32C)C1. The predicted molar refractivity (Wildman–Crippen MR) is 201 cm³/mol. The van der Waals surface area contributed by atoms with Crippen molar-refractivity contribution in [3.8, 4) is 0 Å². The number of allylic oxidation sites excluding steroid dienone is 1. The van der Waals surface area contributed by atoms with E-state index in [1.165, 1.54) is 51.4 Å². The summed E-state index contributed by atoms with van der Waals surface area (Å²) in [7, 11) is 1.56. The van der Waals surface area contributed by atoms with E-state index < -0.39 is 16.1 Å². The van der Waals surface area contributed by atoms with Gasteiger partial charge in [-0.3, -0.25) is 9.59 Å². The number of carbonyl (C=O) groups is 2. The molecule has 0 aromatic carbocycles. The number of esters is 2. The van der Waals surface area contributed by atoms with Crippen LogP contribution in [-0.4, -0.2) is 49.9 Å². The zero-order valence-electron chi connectivity index (χ0n) is 33.2. The molecular formula is C42H72O6S. The third-order valence-electron chi connectivity index (χ3n) is 15.3. The maximum atomic E-state index is 13.3. The summed E-state index contributed by atoms with van der Waals surface area (Å²) >= 11 is 4.59. The average molecular weight is 705 g/mol. The molecule has 4 aliphatic carbocycles. The standard InChI is InChI=1S/C42H72O6S/c1-12-37(5,27-42(10,49)36(44)46-25-24-45-11)35(43)48-28-47-32-18-20-40(8)31(26-32)16-17-34-39(7)23-22-38(6,30(4)15-13-14-29(2)3)33(39)19-21-41(34,40)9/h16,29-30,32-34,49H,12-15,17-28H2,1-11H3/t30-,32?,33-,34+,37?,38-,39-,40+,41+,42?/m1/s1. The van der Waals surface area contributed by atoms with Crippen LogP contribution in [0.3, 0.4) is 0 Å². The summed E-state index contributed by atoms with van der Waals surface area (Å²) in [6, 6.07) is 0. The predicted octanol–water partition coefficient (Wildman–Crippen LogP) is 10.4. The highest BCUT2D eigenvalue weighted by molar-refractivity contribution is 7.82. The molecule has 3 saturated carbocycles. The van der Waals surface area contributed by atoms with Crippen molar-refractivity contribution in [3.63, 3.8) is 0 Å². The molecule has 3 unspecified atom stereocenters. The molecule has 0 aromatic rings. The zero-order chi connectivity index (χ0) is 36.5. The summed E-state index contributed by atoms with van der Waals surface area (Å²) in [5.41, 5.74) is 1.99. The molecule has 6 nitrogen and oxygen atoms in total. The number of ether oxygens (including phenoxy) is 4. The Morgan fingerprint density at radius 3 is 2.31 bits per heavy atom. The first-order chi connectivity index (χ1) is 22.8. The van der Waals surface area contributed by atoms with E-state index in [-0.39, 0.29) is 37.3 Å². The van der Waals surface area contributed by atoms with Gasteiger partial charge in [0.2, 0.25) is 0 Å². The number of fused-ring (bicyclic) bond motifs is 5. The average Bonchev–Trinajstić information content (AvgIpc) is 3.32. The minimum absolute atomic E-state index is 0.0412. The highest BCUT2D eigenvalue weighted by Gasteiger charge is 2.67. The molecule has 0 N–H and O–H groups in total. The lowest BCUT2D eigenvalue weighted by molar-refractivity contribution is -0.177. The minimum atomic E-state index is -1.13. The van der Waals surface area contributed by atoms with E-state index in [9.17, 15) is 9.59 Å². The number of hydrogen-bond donors (Lipinski definition) is 1. The Labute approximate surface area is 305 Å². The fourth-order valence-electron chi connectivity index (χ4n) is 11.5. The first-order valence-corrected chi connectivity index (χ1v) is 20.1. The van der Waals surface area contributed by atoms with Crippen LogP contribution in [-0.2, 0) is 28.5 Å². The van der Waals surface area contributed by atoms with Crippen LogP contribution < -0.4 is 0 Å². The second-order valence-corrected chi connectivity index (χ2v) is 19.7. The van der Waals surface area contributed by atoms with Gasteiger partial charge < -0.3 is 18.9 Å². The Kier molecular flexibility index (Phi) is 12.9. The first-order valence-electron chi connectivity index (χ1n) is 19.7. The van der Waals surface area contributed by atoms with Crippen LogP contribution in [0.5, 0.6) is 0 Å². The monoisotopic (exact) mass is 705 g/mol. The lowest BCUT2D eigenvalue weighted by atomic mass is 9.39. The molecule has 4 aliphatic rings. The largest absolute Gasteiger partial charge is 0.462 e. The summed E-state index contributed by atoms with van der Waals surface area (Å²) < 4.78 is 21.2. The van der Waals surface area contributed by atoms with Crippen LogP contribution >= 0.6 is 12.6 Å². The smallest absolute Gasteiger partial charge is 0.321 e. The van der Waals surface area contributed by atoms with Crippen molar-refractivity contribution in [3.05, 3.63) is 11.6 Å². The van der Waals surface area contributed by atoms with Gasteiger partial charge in [-0.2, -0.15) is 12.6 Å². The molecule has 49 heavy (non-hydrogen) atoms. The number of carbonyl (C=O) groups excluding carboxylic acids is 2. The third kappa shape index (κ3) is 7.85. The van der Waals surface area contributed by atoms with Crippen molar-refractivity contribution in [2.75, 3.05) is 27.1 Å². The van der Waals surface area contributed by atoms with E-state index >= 15 is 0 Å². The quantitative estimate of drug-likeness (QED) is 0.0567.